The Hall–Kier alpha value is -1.61. The van der Waals surface area contributed by atoms with Crippen molar-refractivity contribution in [1.29, 1.82) is 0 Å². The average Bonchev–Trinajstić information content (AvgIpc) is 2.67. The Morgan fingerprint density at radius 1 is 1.04 bits per heavy atom. The van der Waals surface area contributed by atoms with Gasteiger partial charge in [0.05, 0.1) is 10.6 Å². The van der Waals surface area contributed by atoms with Crippen LogP contribution in [0.2, 0.25) is 0 Å². The smallest absolute Gasteiger partial charge is 0.191 e. The van der Waals surface area contributed by atoms with Crippen LogP contribution in [0.25, 0.3) is 0 Å². The second-order valence-corrected chi connectivity index (χ2v) is 8.31. The Bertz CT molecular complexity index is 796. The van der Waals surface area contributed by atoms with Crippen molar-refractivity contribution in [3.8, 4) is 0 Å². The maximum absolute atomic E-state index is 12.3. The molecule has 0 amide bonds. The van der Waals surface area contributed by atoms with Crippen molar-refractivity contribution in [1.82, 2.24) is 10.6 Å². The van der Waals surface area contributed by atoms with Crippen LogP contribution in [0.1, 0.15) is 18.9 Å². The molecular formula is C20H28IN3O2S. The van der Waals surface area contributed by atoms with Gasteiger partial charge in [-0.25, -0.2) is 8.42 Å². The van der Waals surface area contributed by atoms with Crippen molar-refractivity contribution in [2.75, 3.05) is 19.3 Å². The Labute approximate surface area is 179 Å². The molecule has 0 aliphatic rings. The molecule has 2 aromatic rings. The van der Waals surface area contributed by atoms with E-state index < -0.39 is 9.84 Å². The quantitative estimate of drug-likeness (QED) is 0.331. The topological polar surface area (TPSA) is 70.6 Å². The number of nitrogens with zero attached hydrogens (tertiary/aromatic N) is 1. The monoisotopic (exact) mass is 501 g/mol. The highest BCUT2D eigenvalue weighted by molar-refractivity contribution is 14.0. The molecule has 1 unspecified atom stereocenters. The molecule has 0 aliphatic heterocycles. The van der Waals surface area contributed by atoms with E-state index in [0.29, 0.717) is 17.4 Å². The summed E-state index contributed by atoms with van der Waals surface area (Å²) in [6.07, 6.45) is 1.95. The maximum atomic E-state index is 12.3. The summed E-state index contributed by atoms with van der Waals surface area (Å²) in [7, 11) is -1.60. The van der Waals surface area contributed by atoms with Crippen LogP contribution in [-0.2, 0) is 16.3 Å². The van der Waals surface area contributed by atoms with Crippen molar-refractivity contribution in [2.45, 2.75) is 30.7 Å². The van der Waals surface area contributed by atoms with Crippen LogP contribution >= 0.6 is 24.0 Å². The zero-order valence-electron chi connectivity index (χ0n) is 15.8. The molecule has 7 heteroatoms. The summed E-state index contributed by atoms with van der Waals surface area (Å²) < 4.78 is 24.6. The van der Waals surface area contributed by atoms with Crippen LogP contribution in [0.5, 0.6) is 0 Å². The van der Waals surface area contributed by atoms with Gasteiger partial charge in [0.2, 0.25) is 0 Å². The van der Waals surface area contributed by atoms with E-state index in [0.717, 1.165) is 12.8 Å². The van der Waals surface area contributed by atoms with Gasteiger partial charge >= 0.3 is 0 Å². The molecule has 5 nitrogen and oxygen atoms in total. The first-order chi connectivity index (χ1) is 12.5. The van der Waals surface area contributed by atoms with E-state index in [1.165, 1.54) is 5.56 Å². The molecule has 27 heavy (non-hydrogen) atoms. The third-order valence-electron chi connectivity index (χ3n) is 4.08. The van der Waals surface area contributed by atoms with Gasteiger partial charge in [0.15, 0.2) is 15.8 Å². The Morgan fingerprint density at radius 2 is 1.63 bits per heavy atom. The number of aryl methyl sites for hydroxylation is 1. The predicted octanol–water partition coefficient (Wildman–Crippen LogP) is 3.26. The summed E-state index contributed by atoms with van der Waals surface area (Å²) >= 11 is 0. The van der Waals surface area contributed by atoms with Crippen LogP contribution in [-0.4, -0.2) is 39.8 Å². The number of hydrogen-bond donors (Lipinski definition) is 2. The summed E-state index contributed by atoms with van der Waals surface area (Å²) in [5.41, 5.74) is 1.30. The molecule has 0 saturated heterocycles. The van der Waals surface area contributed by atoms with E-state index >= 15 is 0 Å². The van der Waals surface area contributed by atoms with E-state index in [2.05, 4.69) is 34.7 Å². The van der Waals surface area contributed by atoms with Crippen molar-refractivity contribution in [3.63, 3.8) is 0 Å². The highest BCUT2D eigenvalue weighted by Gasteiger charge is 2.14. The van der Waals surface area contributed by atoms with E-state index in [9.17, 15) is 8.42 Å². The largest absolute Gasteiger partial charge is 0.355 e. The standard InChI is InChI=1S/C20H27N3O2S.HI/c1-17(13-14-18-9-5-3-6-10-18)23-20(21-2)22-15-16-26(24,25)19-11-7-4-8-12-19;/h3-12,17H,13-16H2,1-2H3,(H2,21,22,23);1H. The number of guanidine groups is 1. The van der Waals surface area contributed by atoms with Crippen molar-refractivity contribution < 1.29 is 8.42 Å². The van der Waals surface area contributed by atoms with Crippen molar-refractivity contribution in [2.24, 2.45) is 4.99 Å². The lowest BCUT2D eigenvalue weighted by Gasteiger charge is -2.18. The average molecular weight is 501 g/mol. The van der Waals surface area contributed by atoms with Crippen molar-refractivity contribution in [3.05, 3.63) is 66.2 Å². The Balaban J connectivity index is 0.00000364. The first kappa shape index (κ1) is 23.4. The van der Waals surface area contributed by atoms with Gasteiger partial charge in [-0.3, -0.25) is 4.99 Å². The normalized spacial score (nSPS) is 12.7. The van der Waals surface area contributed by atoms with Gasteiger partial charge in [0.25, 0.3) is 0 Å². The zero-order chi connectivity index (χ0) is 18.8. The number of aliphatic imine (C=N–C) groups is 1. The van der Waals surface area contributed by atoms with Crippen LogP contribution in [0.15, 0.2) is 70.6 Å². The second kappa shape index (κ2) is 12.0. The minimum atomic E-state index is -3.28. The van der Waals surface area contributed by atoms with E-state index in [1.54, 1.807) is 37.4 Å². The van der Waals surface area contributed by atoms with Crippen LogP contribution in [0, 0.1) is 0 Å². The molecule has 2 aromatic carbocycles. The van der Waals surface area contributed by atoms with Crippen LogP contribution in [0.4, 0.5) is 0 Å². The predicted molar refractivity (Wildman–Crippen MR) is 123 cm³/mol. The lowest BCUT2D eigenvalue weighted by atomic mass is 10.1. The summed E-state index contributed by atoms with van der Waals surface area (Å²) in [5, 5.41) is 6.39. The third-order valence-corrected chi connectivity index (χ3v) is 5.81. The fourth-order valence-corrected chi connectivity index (χ4v) is 3.76. The SMILES string of the molecule is CN=C(NCCS(=O)(=O)c1ccccc1)NC(C)CCc1ccccc1.I. The molecular weight excluding hydrogens is 473 g/mol. The van der Waals surface area contributed by atoms with Crippen LogP contribution < -0.4 is 10.6 Å². The number of nitrogens with one attached hydrogen (secondary N) is 2. The fourth-order valence-electron chi connectivity index (χ4n) is 2.58. The molecule has 0 aliphatic carbocycles. The van der Waals surface area contributed by atoms with Gasteiger partial charge < -0.3 is 10.6 Å². The van der Waals surface area contributed by atoms with Gasteiger partial charge in [0.1, 0.15) is 0 Å². The van der Waals surface area contributed by atoms with Gasteiger partial charge in [-0.1, -0.05) is 48.5 Å². The number of sulfone groups is 1. The first-order valence-corrected chi connectivity index (χ1v) is 10.5. The highest BCUT2D eigenvalue weighted by Crippen LogP contribution is 2.09. The van der Waals surface area contributed by atoms with Crippen LogP contribution in [0.3, 0.4) is 0 Å². The molecule has 148 valence electrons. The van der Waals surface area contributed by atoms with E-state index in [1.807, 2.05) is 18.2 Å². The molecule has 1 atom stereocenters. The maximum Gasteiger partial charge on any atom is 0.191 e. The summed E-state index contributed by atoms with van der Waals surface area (Å²) in [6.45, 7) is 2.40. The highest BCUT2D eigenvalue weighted by atomic mass is 127. The Morgan fingerprint density at radius 3 is 2.22 bits per heavy atom. The minimum Gasteiger partial charge on any atom is -0.355 e. The number of rotatable bonds is 8. The molecule has 0 saturated carbocycles. The van der Waals surface area contributed by atoms with E-state index in [4.69, 9.17) is 0 Å². The molecule has 0 heterocycles. The molecule has 0 fully saturated rings. The van der Waals surface area contributed by atoms with Gasteiger partial charge in [-0.2, -0.15) is 0 Å². The molecule has 0 bridgehead atoms. The van der Waals surface area contributed by atoms with Gasteiger partial charge in [-0.15, -0.1) is 24.0 Å². The minimum absolute atomic E-state index is 0. The molecule has 0 radical (unpaired) electrons. The Kier molecular flexibility index (Phi) is 10.4. The van der Waals surface area contributed by atoms with Gasteiger partial charge in [-0.05, 0) is 37.5 Å². The lowest BCUT2D eigenvalue weighted by Crippen LogP contribution is -2.43. The molecule has 2 N–H and O–H groups in total. The third kappa shape index (κ3) is 8.30. The summed E-state index contributed by atoms with van der Waals surface area (Å²) in [6, 6.07) is 19.1. The lowest BCUT2D eigenvalue weighted by molar-refractivity contribution is 0.588. The zero-order valence-corrected chi connectivity index (χ0v) is 18.9. The molecule has 2 rings (SSSR count). The fraction of sp³-hybridized carbons (Fsp3) is 0.350. The first-order valence-electron chi connectivity index (χ1n) is 8.80. The van der Waals surface area contributed by atoms with Gasteiger partial charge in [0, 0.05) is 19.6 Å². The summed E-state index contributed by atoms with van der Waals surface area (Å²) in [5.74, 6) is 0.643. The summed E-state index contributed by atoms with van der Waals surface area (Å²) in [4.78, 5) is 4.52. The number of benzene rings is 2. The van der Waals surface area contributed by atoms with E-state index in [-0.39, 0.29) is 35.8 Å². The van der Waals surface area contributed by atoms with Crippen molar-refractivity contribution >= 4 is 39.8 Å². The molecule has 0 aromatic heterocycles. The second-order valence-electron chi connectivity index (χ2n) is 6.20. The number of hydrogen-bond acceptors (Lipinski definition) is 3. The number of halogens is 1. The molecule has 0 spiro atoms.